The Hall–Kier alpha value is -3.52. The number of morpholine rings is 1. The number of hydrogen-bond acceptors (Lipinski definition) is 8. The van der Waals surface area contributed by atoms with Crippen molar-refractivity contribution in [2.45, 2.75) is 62.3 Å². The van der Waals surface area contributed by atoms with Crippen LogP contribution in [0, 0.1) is 29.5 Å². The number of benzene rings is 1. The summed E-state index contributed by atoms with van der Waals surface area (Å²) in [6, 6.07) is 1.91. The Bertz CT molecular complexity index is 1480. The first-order valence-electron chi connectivity index (χ1n) is 15.5. The van der Waals surface area contributed by atoms with Crippen molar-refractivity contribution in [1.29, 1.82) is 0 Å². The van der Waals surface area contributed by atoms with Crippen molar-refractivity contribution in [2.24, 2.45) is 23.7 Å². The van der Waals surface area contributed by atoms with Crippen LogP contribution in [-0.4, -0.2) is 77.7 Å². The Morgan fingerprint density at radius 1 is 1.07 bits per heavy atom. The third kappa shape index (κ3) is 5.39. The number of methoxy groups -OCH3 is 1. The minimum atomic E-state index is -4.84. The van der Waals surface area contributed by atoms with E-state index in [0.717, 1.165) is 70.9 Å². The molecule has 0 spiro atoms. The molecule has 45 heavy (non-hydrogen) atoms. The maximum Gasteiger partial charge on any atom is 0.419 e. The molecule has 1 aromatic carbocycles. The SMILES string of the molecule is COc1ncnc(N[C@H]2CC3(N4CCOCC4)CC2C3)c1C(=O)N[C@@H]1[C@H]2CC[C@H](C2)[C@@H]1C(=O)Nc1ccc(C(F)(F)F)c(F)c1. The van der Waals surface area contributed by atoms with Crippen LogP contribution < -0.4 is 20.7 Å². The van der Waals surface area contributed by atoms with E-state index in [0.29, 0.717) is 23.9 Å². The zero-order chi connectivity index (χ0) is 31.5. The number of carbonyl (C=O) groups excluding carboxylic acids is 2. The summed E-state index contributed by atoms with van der Waals surface area (Å²) in [5, 5.41) is 9.16. The highest BCUT2D eigenvalue weighted by atomic mass is 19.4. The highest BCUT2D eigenvalue weighted by Crippen LogP contribution is 2.56. The van der Waals surface area contributed by atoms with Gasteiger partial charge < -0.3 is 25.4 Å². The van der Waals surface area contributed by atoms with Crippen LogP contribution >= 0.6 is 0 Å². The standard InChI is InChI=1S/C31H36F4N6O4/c1-44-29-24(26(36-15-37-29)39-22-14-30(12-18(22)13-30)41-6-8-45-9-7-41)28(43)40-25-17-3-2-16(10-17)23(25)27(42)38-19-4-5-20(21(32)11-19)31(33,34)35/h4-5,11,15-18,22-23,25H,2-3,6-10,12-14H2,1H3,(H,38,42)(H,40,43)(H,36,37,39)/t16-,17+,18?,22+,23+,25-,30?/m1/s1. The number of halogens is 4. The Morgan fingerprint density at radius 3 is 2.53 bits per heavy atom. The number of aromatic nitrogens is 2. The average Bonchev–Trinajstić information content (AvgIpc) is 3.76. The van der Waals surface area contributed by atoms with Crippen molar-refractivity contribution >= 4 is 23.3 Å². The molecule has 1 saturated heterocycles. The van der Waals surface area contributed by atoms with Crippen LogP contribution in [0.15, 0.2) is 24.5 Å². The van der Waals surface area contributed by atoms with Gasteiger partial charge in [0.2, 0.25) is 11.8 Å². The maximum atomic E-state index is 14.2. The molecule has 242 valence electrons. The van der Waals surface area contributed by atoms with Gasteiger partial charge in [0.25, 0.3) is 5.91 Å². The monoisotopic (exact) mass is 632 g/mol. The van der Waals surface area contributed by atoms with Crippen LogP contribution in [0.3, 0.4) is 0 Å². The van der Waals surface area contributed by atoms with Crippen LogP contribution in [0.25, 0.3) is 0 Å². The molecule has 6 fully saturated rings. The molecule has 6 aliphatic rings. The highest BCUT2D eigenvalue weighted by molar-refractivity contribution is 6.02. The molecule has 1 aromatic heterocycles. The van der Waals surface area contributed by atoms with Crippen molar-refractivity contribution in [3.8, 4) is 5.88 Å². The van der Waals surface area contributed by atoms with Gasteiger partial charge in [-0.3, -0.25) is 14.5 Å². The molecule has 4 bridgehead atoms. The Morgan fingerprint density at radius 2 is 1.82 bits per heavy atom. The second kappa shape index (κ2) is 11.4. The van der Waals surface area contributed by atoms with Crippen LogP contribution in [0.5, 0.6) is 5.88 Å². The number of anilines is 2. The first-order chi connectivity index (χ1) is 21.6. The van der Waals surface area contributed by atoms with E-state index < -0.39 is 41.3 Å². The zero-order valence-corrected chi connectivity index (χ0v) is 24.8. The molecule has 2 aromatic rings. The third-order valence-electron chi connectivity index (χ3n) is 10.7. The first kappa shape index (κ1) is 30.2. The molecule has 0 unspecified atom stereocenters. The predicted molar refractivity (Wildman–Crippen MR) is 154 cm³/mol. The Balaban J connectivity index is 1.07. The molecule has 5 saturated carbocycles. The molecule has 1 aliphatic heterocycles. The zero-order valence-electron chi connectivity index (χ0n) is 24.8. The summed E-state index contributed by atoms with van der Waals surface area (Å²) >= 11 is 0. The van der Waals surface area contributed by atoms with E-state index >= 15 is 0 Å². The smallest absolute Gasteiger partial charge is 0.419 e. The molecule has 3 N–H and O–H groups in total. The summed E-state index contributed by atoms with van der Waals surface area (Å²) in [5.41, 5.74) is -1.17. The Kier molecular flexibility index (Phi) is 7.62. The number of hydrogen-bond donors (Lipinski definition) is 3. The quantitative estimate of drug-likeness (QED) is 0.373. The van der Waals surface area contributed by atoms with Gasteiger partial charge in [0.05, 0.1) is 31.8 Å². The number of carbonyl (C=O) groups is 2. The number of rotatable bonds is 8. The summed E-state index contributed by atoms with van der Waals surface area (Å²) in [6.45, 7) is 3.31. The average molecular weight is 633 g/mol. The van der Waals surface area contributed by atoms with E-state index in [-0.39, 0.29) is 40.5 Å². The van der Waals surface area contributed by atoms with Gasteiger partial charge in [-0.15, -0.1) is 0 Å². The van der Waals surface area contributed by atoms with Crippen molar-refractivity contribution in [2.75, 3.05) is 44.0 Å². The molecular weight excluding hydrogens is 596 g/mol. The summed E-state index contributed by atoms with van der Waals surface area (Å²) in [7, 11) is 1.43. The fourth-order valence-corrected chi connectivity index (χ4v) is 8.70. The number of nitrogens with one attached hydrogen (secondary N) is 3. The molecule has 8 rings (SSSR count). The van der Waals surface area contributed by atoms with Crippen molar-refractivity contribution in [3.63, 3.8) is 0 Å². The number of nitrogens with zero attached hydrogens (tertiary/aromatic N) is 3. The van der Waals surface area contributed by atoms with Gasteiger partial charge in [-0.25, -0.2) is 14.4 Å². The second-order valence-electron chi connectivity index (χ2n) is 13.1. The van der Waals surface area contributed by atoms with Crippen LogP contribution in [0.4, 0.5) is 29.1 Å². The summed E-state index contributed by atoms with van der Waals surface area (Å²) < 4.78 is 64.3. The lowest BCUT2D eigenvalue weighted by Gasteiger charge is -2.49. The van der Waals surface area contributed by atoms with Gasteiger partial charge in [0.1, 0.15) is 23.5 Å². The topological polar surface area (TPSA) is 118 Å². The van der Waals surface area contributed by atoms with Gasteiger partial charge in [-0.05, 0) is 74.5 Å². The van der Waals surface area contributed by atoms with Crippen LogP contribution in [0.2, 0.25) is 0 Å². The fraction of sp³-hybridized carbons (Fsp3) is 0.613. The van der Waals surface area contributed by atoms with E-state index in [4.69, 9.17) is 9.47 Å². The molecule has 0 radical (unpaired) electrons. The van der Waals surface area contributed by atoms with E-state index in [1.54, 1.807) is 0 Å². The van der Waals surface area contributed by atoms with Gasteiger partial charge in [-0.1, -0.05) is 0 Å². The minimum Gasteiger partial charge on any atom is -0.480 e. The number of amides is 2. The fourth-order valence-electron chi connectivity index (χ4n) is 8.70. The maximum absolute atomic E-state index is 14.2. The van der Waals surface area contributed by atoms with E-state index in [9.17, 15) is 27.2 Å². The van der Waals surface area contributed by atoms with Crippen molar-refractivity contribution < 1.29 is 36.6 Å². The van der Waals surface area contributed by atoms with Gasteiger partial charge >= 0.3 is 6.18 Å². The molecule has 5 atom stereocenters. The number of ether oxygens (including phenoxy) is 2. The first-order valence-corrected chi connectivity index (χ1v) is 15.5. The largest absolute Gasteiger partial charge is 0.480 e. The van der Waals surface area contributed by atoms with E-state index in [2.05, 4.69) is 30.8 Å². The number of fused-ring (bicyclic) bond motifs is 3. The lowest BCUT2D eigenvalue weighted by atomic mass is 9.75. The molecule has 5 aliphatic carbocycles. The van der Waals surface area contributed by atoms with Gasteiger partial charge in [-0.2, -0.15) is 13.2 Å². The van der Waals surface area contributed by atoms with Gasteiger partial charge in [0, 0.05) is 36.4 Å². The number of alkyl halides is 3. The Labute approximate surface area is 257 Å². The lowest BCUT2D eigenvalue weighted by Crippen LogP contribution is -2.56. The molecule has 2 amide bonds. The van der Waals surface area contributed by atoms with Crippen molar-refractivity contribution in [1.82, 2.24) is 20.2 Å². The highest BCUT2D eigenvalue weighted by Gasteiger charge is 2.59. The predicted octanol–water partition coefficient (Wildman–Crippen LogP) is 4.09. The summed E-state index contributed by atoms with van der Waals surface area (Å²) in [4.78, 5) is 38.5. The molecule has 10 nitrogen and oxygen atoms in total. The van der Waals surface area contributed by atoms with E-state index in [1.807, 2.05) is 0 Å². The molecule has 14 heteroatoms. The lowest BCUT2D eigenvalue weighted by molar-refractivity contribution is -0.140. The molecular formula is C31H36F4N6O4. The van der Waals surface area contributed by atoms with Crippen molar-refractivity contribution in [3.05, 3.63) is 41.5 Å². The van der Waals surface area contributed by atoms with Crippen LogP contribution in [-0.2, 0) is 15.7 Å². The van der Waals surface area contributed by atoms with E-state index in [1.165, 1.54) is 13.4 Å². The molecule has 2 heterocycles. The summed E-state index contributed by atoms with van der Waals surface area (Å²) in [5.74, 6) is -2.08. The second-order valence-corrected chi connectivity index (χ2v) is 13.1. The van der Waals surface area contributed by atoms with Gasteiger partial charge in [0.15, 0.2) is 0 Å². The minimum absolute atomic E-state index is 0.0206. The summed E-state index contributed by atoms with van der Waals surface area (Å²) in [6.07, 6.45) is 1.95. The van der Waals surface area contributed by atoms with Crippen LogP contribution in [0.1, 0.15) is 54.4 Å². The third-order valence-corrected chi connectivity index (χ3v) is 10.7. The normalized spacial score (nSPS) is 32.2.